The third kappa shape index (κ3) is 2.86. The van der Waals surface area contributed by atoms with Crippen molar-refractivity contribution in [2.24, 2.45) is 4.99 Å². The number of rotatable bonds is 2. The van der Waals surface area contributed by atoms with Crippen molar-refractivity contribution in [1.29, 1.82) is 0 Å². The van der Waals surface area contributed by atoms with Gasteiger partial charge in [0.1, 0.15) is 0 Å². The minimum atomic E-state index is 0. The van der Waals surface area contributed by atoms with Gasteiger partial charge in [-0.15, -0.1) is 12.4 Å². The summed E-state index contributed by atoms with van der Waals surface area (Å²) in [4.78, 5) is 4.53. The third-order valence-corrected chi connectivity index (χ3v) is 3.97. The molecule has 98 valence electrons. The molecular formula is C15H21ClN2. The van der Waals surface area contributed by atoms with Crippen LogP contribution in [-0.4, -0.2) is 18.4 Å². The topological polar surface area (TPSA) is 24.4 Å². The molecule has 2 atom stereocenters. The van der Waals surface area contributed by atoms with Crippen molar-refractivity contribution in [3.05, 3.63) is 35.9 Å². The molecule has 1 aromatic carbocycles. The molecule has 2 nitrogen and oxygen atoms in total. The molecule has 3 heteroatoms. The Hall–Kier alpha value is -1.02. The molecule has 2 aliphatic rings. The molecule has 1 fully saturated rings. The van der Waals surface area contributed by atoms with Crippen LogP contribution in [0.25, 0.3) is 0 Å². The number of nitrogens with one attached hydrogen (secondary N) is 1. The Morgan fingerprint density at radius 1 is 1.06 bits per heavy atom. The highest BCUT2D eigenvalue weighted by atomic mass is 35.5. The van der Waals surface area contributed by atoms with E-state index in [1.807, 2.05) is 0 Å². The van der Waals surface area contributed by atoms with E-state index in [1.54, 1.807) is 0 Å². The zero-order valence-electron chi connectivity index (χ0n) is 10.6. The average molecular weight is 265 g/mol. The SMILES string of the molecule is Cl.c1ccc(C2CCCC2NC2=NCCC2)cc1. The average Bonchev–Trinajstić information content (AvgIpc) is 3.02. The van der Waals surface area contributed by atoms with Crippen LogP contribution in [0.1, 0.15) is 43.6 Å². The molecule has 0 bridgehead atoms. The first-order valence-electron chi connectivity index (χ1n) is 6.78. The maximum absolute atomic E-state index is 4.53. The summed E-state index contributed by atoms with van der Waals surface area (Å²) >= 11 is 0. The van der Waals surface area contributed by atoms with Gasteiger partial charge in [0.2, 0.25) is 0 Å². The predicted octanol–water partition coefficient (Wildman–Crippen LogP) is 3.53. The standard InChI is InChI=1S/C15H20N2.ClH/c1-2-6-12(7-3-1)13-8-4-9-14(13)17-15-10-5-11-16-15;/h1-3,6-7,13-14H,4-5,8-11H2,(H,16,17);1H. The van der Waals surface area contributed by atoms with Crippen LogP contribution in [0.5, 0.6) is 0 Å². The maximum Gasteiger partial charge on any atom is 0.0966 e. The number of benzene rings is 1. The van der Waals surface area contributed by atoms with Crippen molar-refractivity contribution in [2.45, 2.75) is 44.1 Å². The van der Waals surface area contributed by atoms with Crippen LogP contribution in [-0.2, 0) is 0 Å². The van der Waals surface area contributed by atoms with E-state index in [2.05, 4.69) is 40.6 Å². The Bertz CT molecular complexity index is 402. The monoisotopic (exact) mass is 264 g/mol. The van der Waals surface area contributed by atoms with Crippen molar-refractivity contribution in [2.75, 3.05) is 6.54 Å². The number of amidine groups is 1. The normalized spacial score (nSPS) is 26.6. The highest BCUT2D eigenvalue weighted by Gasteiger charge is 2.29. The lowest BCUT2D eigenvalue weighted by Gasteiger charge is -2.22. The van der Waals surface area contributed by atoms with Crippen LogP contribution < -0.4 is 5.32 Å². The van der Waals surface area contributed by atoms with Crippen molar-refractivity contribution < 1.29 is 0 Å². The van der Waals surface area contributed by atoms with E-state index >= 15 is 0 Å². The first-order valence-corrected chi connectivity index (χ1v) is 6.78. The lowest BCUT2D eigenvalue weighted by molar-refractivity contribution is 0.556. The highest BCUT2D eigenvalue weighted by Crippen LogP contribution is 2.34. The van der Waals surface area contributed by atoms with Gasteiger partial charge >= 0.3 is 0 Å². The second kappa shape index (κ2) is 6.24. The van der Waals surface area contributed by atoms with Gasteiger partial charge in [-0.1, -0.05) is 36.8 Å². The quantitative estimate of drug-likeness (QED) is 0.868. The summed E-state index contributed by atoms with van der Waals surface area (Å²) in [5.74, 6) is 1.93. The molecule has 2 unspecified atom stereocenters. The number of halogens is 1. The summed E-state index contributed by atoms with van der Waals surface area (Å²) in [5, 5.41) is 3.68. The Labute approximate surface area is 115 Å². The molecule has 0 amide bonds. The molecule has 18 heavy (non-hydrogen) atoms. The predicted molar refractivity (Wildman–Crippen MR) is 78.7 cm³/mol. The zero-order chi connectivity index (χ0) is 11.5. The smallest absolute Gasteiger partial charge is 0.0966 e. The zero-order valence-corrected chi connectivity index (χ0v) is 11.5. The van der Waals surface area contributed by atoms with E-state index in [4.69, 9.17) is 0 Å². The lowest BCUT2D eigenvalue weighted by Crippen LogP contribution is -2.35. The van der Waals surface area contributed by atoms with Crippen molar-refractivity contribution in [3.63, 3.8) is 0 Å². The van der Waals surface area contributed by atoms with Gasteiger partial charge in [-0.3, -0.25) is 4.99 Å². The molecule has 0 saturated heterocycles. The number of nitrogens with zero attached hydrogens (tertiary/aromatic N) is 1. The lowest BCUT2D eigenvalue weighted by atomic mass is 9.94. The van der Waals surface area contributed by atoms with Gasteiger partial charge in [-0.05, 0) is 24.8 Å². The van der Waals surface area contributed by atoms with E-state index in [0.717, 1.165) is 13.0 Å². The Morgan fingerprint density at radius 3 is 2.61 bits per heavy atom. The Morgan fingerprint density at radius 2 is 1.89 bits per heavy atom. The Kier molecular flexibility index (Phi) is 4.65. The molecular weight excluding hydrogens is 244 g/mol. The molecule has 0 aromatic heterocycles. The molecule has 0 spiro atoms. The summed E-state index contributed by atoms with van der Waals surface area (Å²) in [6, 6.07) is 11.5. The van der Waals surface area contributed by atoms with E-state index in [9.17, 15) is 0 Å². The molecule has 1 aliphatic heterocycles. The van der Waals surface area contributed by atoms with Crippen molar-refractivity contribution >= 4 is 18.2 Å². The van der Waals surface area contributed by atoms with Gasteiger partial charge in [0.25, 0.3) is 0 Å². The van der Waals surface area contributed by atoms with Gasteiger partial charge in [0, 0.05) is 24.9 Å². The number of aliphatic imine (C=N–C) groups is 1. The molecule has 1 N–H and O–H groups in total. The summed E-state index contributed by atoms with van der Waals surface area (Å²) in [5.41, 5.74) is 1.49. The van der Waals surface area contributed by atoms with Gasteiger partial charge in [-0.2, -0.15) is 0 Å². The van der Waals surface area contributed by atoms with Gasteiger partial charge in [-0.25, -0.2) is 0 Å². The van der Waals surface area contributed by atoms with E-state index in [1.165, 1.54) is 37.1 Å². The molecule has 1 aromatic rings. The second-order valence-electron chi connectivity index (χ2n) is 5.13. The van der Waals surface area contributed by atoms with Crippen LogP contribution in [0.3, 0.4) is 0 Å². The fraction of sp³-hybridized carbons (Fsp3) is 0.533. The van der Waals surface area contributed by atoms with Crippen molar-refractivity contribution in [3.8, 4) is 0 Å². The summed E-state index contributed by atoms with van der Waals surface area (Å²) in [6.45, 7) is 1.02. The third-order valence-electron chi connectivity index (χ3n) is 3.97. The number of hydrogen-bond donors (Lipinski definition) is 1. The first kappa shape index (κ1) is 13.4. The minimum absolute atomic E-state index is 0. The molecule has 1 aliphatic carbocycles. The fourth-order valence-electron chi connectivity index (χ4n) is 3.10. The van der Waals surface area contributed by atoms with E-state index in [0.29, 0.717) is 12.0 Å². The fourth-order valence-corrected chi connectivity index (χ4v) is 3.10. The Balaban J connectivity index is 0.00000120. The first-order chi connectivity index (χ1) is 8.43. The summed E-state index contributed by atoms with van der Waals surface area (Å²) in [7, 11) is 0. The van der Waals surface area contributed by atoms with Crippen LogP contribution >= 0.6 is 12.4 Å². The molecule has 1 heterocycles. The number of hydrogen-bond acceptors (Lipinski definition) is 2. The van der Waals surface area contributed by atoms with E-state index < -0.39 is 0 Å². The molecule has 1 saturated carbocycles. The van der Waals surface area contributed by atoms with Crippen LogP contribution in [0, 0.1) is 0 Å². The second-order valence-corrected chi connectivity index (χ2v) is 5.13. The molecule has 3 rings (SSSR count). The highest BCUT2D eigenvalue weighted by molar-refractivity contribution is 5.85. The van der Waals surface area contributed by atoms with Crippen LogP contribution in [0.4, 0.5) is 0 Å². The van der Waals surface area contributed by atoms with Gasteiger partial charge in [0.15, 0.2) is 0 Å². The van der Waals surface area contributed by atoms with Gasteiger partial charge < -0.3 is 5.32 Å². The molecule has 0 radical (unpaired) electrons. The maximum atomic E-state index is 4.53. The summed E-state index contributed by atoms with van der Waals surface area (Å²) < 4.78 is 0. The largest absolute Gasteiger partial charge is 0.370 e. The van der Waals surface area contributed by atoms with Gasteiger partial charge in [0.05, 0.1) is 5.84 Å². The minimum Gasteiger partial charge on any atom is -0.370 e. The van der Waals surface area contributed by atoms with Crippen molar-refractivity contribution in [1.82, 2.24) is 5.32 Å². The summed E-state index contributed by atoms with van der Waals surface area (Å²) in [6.07, 6.45) is 6.32. The van der Waals surface area contributed by atoms with Crippen LogP contribution in [0.2, 0.25) is 0 Å². The van der Waals surface area contributed by atoms with Crippen LogP contribution in [0.15, 0.2) is 35.3 Å². The van der Waals surface area contributed by atoms with E-state index in [-0.39, 0.29) is 12.4 Å².